The summed E-state index contributed by atoms with van der Waals surface area (Å²) in [6.07, 6.45) is 6.21. The smallest absolute Gasteiger partial charge is 0.165 e. The van der Waals surface area contributed by atoms with Crippen LogP contribution in [0.25, 0.3) is 94.0 Å². The molecule has 234 valence electrons. The highest BCUT2D eigenvalue weighted by molar-refractivity contribution is 6.28. The minimum Gasteiger partial charge on any atom is -0.309 e. The van der Waals surface area contributed by atoms with Crippen LogP contribution in [0, 0.1) is 0 Å². The van der Waals surface area contributed by atoms with E-state index in [1.165, 1.54) is 48.6 Å². The van der Waals surface area contributed by atoms with Crippen molar-refractivity contribution in [2.75, 3.05) is 0 Å². The Kier molecular flexibility index (Phi) is 5.75. The van der Waals surface area contributed by atoms with Crippen LogP contribution in [0.2, 0.25) is 0 Å². The molecule has 0 atom stereocenters. The minimum atomic E-state index is 0.850. The lowest BCUT2D eigenvalue weighted by Crippen LogP contribution is -2.09. The molecular weight excluding hydrogens is 609 g/mol. The molecular formula is C46H30N4. The molecule has 0 unspecified atom stereocenters. The Morgan fingerprint density at radius 1 is 0.480 bits per heavy atom. The van der Waals surface area contributed by atoms with Crippen LogP contribution in [0.5, 0.6) is 0 Å². The van der Waals surface area contributed by atoms with Crippen LogP contribution < -0.4 is 0 Å². The summed E-state index contributed by atoms with van der Waals surface area (Å²) in [7, 11) is 0. The summed E-state index contributed by atoms with van der Waals surface area (Å²) in [5.74, 6) is 0.850. The summed E-state index contributed by atoms with van der Waals surface area (Å²) in [5, 5.41) is 9.89. The standard InChI is InChI=1S/C46H30N4/c1-2-14-32(15-3-1)49-39-21-11-8-18-35(39)36-25-22-31(28-42(36)49)45-46(48-38-20-10-9-19-37(38)47-45)50-40-26-23-29-12-4-6-16-33(29)43(40)44-34-17-7-5-13-30(34)24-27-41(44)50/h1-8,10-18,20-28H,9,19H2. The fourth-order valence-corrected chi connectivity index (χ4v) is 8.31. The quantitative estimate of drug-likeness (QED) is 0.193. The number of hydrogen-bond donors (Lipinski definition) is 0. The van der Waals surface area contributed by atoms with Crippen molar-refractivity contribution in [3.05, 3.63) is 163 Å². The molecule has 0 aliphatic heterocycles. The summed E-state index contributed by atoms with van der Waals surface area (Å²) in [5.41, 5.74) is 9.68. The molecule has 0 N–H and O–H groups in total. The predicted molar refractivity (Wildman–Crippen MR) is 209 cm³/mol. The Hall–Kier alpha value is -6.52. The van der Waals surface area contributed by atoms with Gasteiger partial charge in [0.05, 0.1) is 33.5 Å². The van der Waals surface area contributed by atoms with Crippen LogP contribution in [-0.2, 0) is 6.42 Å². The van der Waals surface area contributed by atoms with E-state index in [-0.39, 0.29) is 0 Å². The van der Waals surface area contributed by atoms with Crippen LogP contribution in [-0.4, -0.2) is 19.1 Å². The first kappa shape index (κ1) is 27.4. The number of aryl methyl sites for hydroxylation is 1. The van der Waals surface area contributed by atoms with Crippen LogP contribution in [0.4, 0.5) is 0 Å². The normalized spacial score (nSPS) is 13.0. The van der Waals surface area contributed by atoms with Gasteiger partial charge in [0.2, 0.25) is 0 Å². The Balaban J connectivity index is 1.28. The van der Waals surface area contributed by atoms with Crippen LogP contribution in [0.3, 0.4) is 0 Å². The van der Waals surface area contributed by atoms with Gasteiger partial charge in [0.1, 0.15) is 5.69 Å². The van der Waals surface area contributed by atoms with Gasteiger partial charge in [-0.1, -0.05) is 115 Å². The lowest BCUT2D eigenvalue weighted by Gasteiger charge is -2.18. The van der Waals surface area contributed by atoms with Crippen LogP contribution in [0.1, 0.15) is 17.8 Å². The molecule has 4 nitrogen and oxygen atoms in total. The van der Waals surface area contributed by atoms with Crippen molar-refractivity contribution >= 4 is 71.2 Å². The average Bonchev–Trinajstić information content (AvgIpc) is 3.71. The van der Waals surface area contributed by atoms with Crippen molar-refractivity contribution in [3.8, 4) is 22.8 Å². The van der Waals surface area contributed by atoms with E-state index in [2.05, 4.69) is 167 Å². The van der Waals surface area contributed by atoms with Crippen molar-refractivity contribution in [1.82, 2.24) is 19.1 Å². The van der Waals surface area contributed by atoms with Crippen molar-refractivity contribution in [3.63, 3.8) is 0 Å². The van der Waals surface area contributed by atoms with E-state index < -0.39 is 0 Å². The molecule has 1 aliphatic carbocycles. The minimum absolute atomic E-state index is 0.850. The second-order valence-corrected chi connectivity index (χ2v) is 13.3. The van der Waals surface area contributed by atoms with Gasteiger partial charge in [0, 0.05) is 32.8 Å². The molecule has 0 fully saturated rings. The molecule has 11 rings (SSSR count). The van der Waals surface area contributed by atoms with Gasteiger partial charge in [0.15, 0.2) is 5.82 Å². The summed E-state index contributed by atoms with van der Waals surface area (Å²) in [6.45, 7) is 0. The van der Waals surface area contributed by atoms with Crippen molar-refractivity contribution in [1.29, 1.82) is 0 Å². The third-order valence-electron chi connectivity index (χ3n) is 10.5. The van der Waals surface area contributed by atoms with E-state index in [9.17, 15) is 0 Å². The highest BCUT2D eigenvalue weighted by Gasteiger charge is 2.24. The molecule has 4 heteroatoms. The average molecular weight is 639 g/mol. The van der Waals surface area contributed by atoms with E-state index in [0.717, 1.165) is 63.5 Å². The fraction of sp³-hybridized carbons (Fsp3) is 0.0435. The van der Waals surface area contributed by atoms with Crippen molar-refractivity contribution < 1.29 is 0 Å². The zero-order valence-corrected chi connectivity index (χ0v) is 27.2. The molecule has 0 radical (unpaired) electrons. The summed E-state index contributed by atoms with van der Waals surface area (Å²) in [4.78, 5) is 11.0. The van der Waals surface area contributed by atoms with Gasteiger partial charge in [-0.05, 0) is 76.9 Å². The van der Waals surface area contributed by atoms with Gasteiger partial charge in [-0.25, -0.2) is 9.97 Å². The number of fused-ring (bicyclic) bond motifs is 11. The van der Waals surface area contributed by atoms with Crippen molar-refractivity contribution in [2.24, 2.45) is 0 Å². The highest BCUT2D eigenvalue weighted by atomic mass is 15.1. The Bertz CT molecular complexity index is 2940. The number of para-hydroxylation sites is 2. The number of rotatable bonds is 3. The Morgan fingerprint density at radius 2 is 1.12 bits per heavy atom. The summed E-state index contributed by atoms with van der Waals surface area (Å²) >= 11 is 0. The number of allylic oxidation sites excluding steroid dienone is 1. The number of aromatic nitrogens is 4. The predicted octanol–water partition coefficient (Wildman–Crippen LogP) is 11.6. The maximum Gasteiger partial charge on any atom is 0.165 e. The van der Waals surface area contributed by atoms with Crippen LogP contribution >= 0.6 is 0 Å². The topological polar surface area (TPSA) is 35.6 Å². The van der Waals surface area contributed by atoms with Gasteiger partial charge < -0.3 is 4.57 Å². The largest absolute Gasteiger partial charge is 0.309 e. The Labute approximate surface area is 288 Å². The first-order chi connectivity index (χ1) is 24.8. The lowest BCUT2D eigenvalue weighted by molar-refractivity contribution is 0.891. The second kappa shape index (κ2) is 10.5. The van der Waals surface area contributed by atoms with Gasteiger partial charge in [-0.3, -0.25) is 4.57 Å². The number of nitrogens with zero attached hydrogens (tertiary/aromatic N) is 4. The van der Waals surface area contributed by atoms with Gasteiger partial charge in [-0.2, -0.15) is 0 Å². The molecule has 0 spiro atoms. The molecule has 0 saturated heterocycles. The molecule has 50 heavy (non-hydrogen) atoms. The Morgan fingerprint density at radius 3 is 1.86 bits per heavy atom. The fourth-order valence-electron chi connectivity index (χ4n) is 8.31. The number of hydrogen-bond acceptors (Lipinski definition) is 2. The third-order valence-corrected chi connectivity index (χ3v) is 10.5. The van der Waals surface area contributed by atoms with E-state index in [4.69, 9.17) is 9.97 Å². The molecule has 7 aromatic carbocycles. The SMILES string of the molecule is C1=Cc2nc(-n3c4ccc5ccccc5c4c4c5ccccc5ccc43)c(-c3ccc4c5ccccc5n(-c5ccccc5)c4c3)nc2CC1. The zero-order valence-electron chi connectivity index (χ0n) is 27.2. The van der Waals surface area contributed by atoms with Crippen LogP contribution in [0.15, 0.2) is 152 Å². The second-order valence-electron chi connectivity index (χ2n) is 13.3. The molecule has 0 amide bonds. The summed E-state index contributed by atoms with van der Waals surface area (Å²) in [6, 6.07) is 52.6. The molecule has 1 aliphatic rings. The van der Waals surface area contributed by atoms with E-state index in [1.54, 1.807) is 0 Å². The van der Waals surface area contributed by atoms with Gasteiger partial charge in [-0.15, -0.1) is 0 Å². The number of benzene rings is 7. The van der Waals surface area contributed by atoms with Gasteiger partial charge >= 0.3 is 0 Å². The third kappa shape index (κ3) is 3.87. The summed E-state index contributed by atoms with van der Waals surface area (Å²) < 4.78 is 4.74. The zero-order chi connectivity index (χ0) is 32.8. The van der Waals surface area contributed by atoms with Gasteiger partial charge in [0.25, 0.3) is 0 Å². The molecule has 3 aromatic heterocycles. The van der Waals surface area contributed by atoms with Crippen molar-refractivity contribution in [2.45, 2.75) is 12.8 Å². The molecule has 0 saturated carbocycles. The molecule has 10 aromatic rings. The van der Waals surface area contributed by atoms with E-state index >= 15 is 0 Å². The molecule has 3 heterocycles. The first-order valence-corrected chi connectivity index (χ1v) is 17.3. The van der Waals surface area contributed by atoms with E-state index in [1.807, 2.05) is 0 Å². The maximum atomic E-state index is 5.50. The lowest BCUT2D eigenvalue weighted by atomic mass is 10.00. The first-order valence-electron chi connectivity index (χ1n) is 17.3. The highest BCUT2D eigenvalue weighted by Crippen LogP contribution is 2.43. The molecule has 0 bridgehead atoms. The maximum absolute atomic E-state index is 5.50. The monoisotopic (exact) mass is 638 g/mol. The van der Waals surface area contributed by atoms with E-state index in [0.29, 0.717) is 0 Å².